The highest BCUT2D eigenvalue weighted by molar-refractivity contribution is 6.05. The van der Waals surface area contributed by atoms with Gasteiger partial charge in [0.2, 0.25) is 17.7 Å². The van der Waals surface area contributed by atoms with Gasteiger partial charge in [0.1, 0.15) is 0 Å². The molecule has 0 spiro atoms. The van der Waals surface area contributed by atoms with Gasteiger partial charge in [-0.2, -0.15) is 0 Å². The Labute approximate surface area is 150 Å². The smallest absolute Gasteiger partial charge is 0.233 e. The van der Waals surface area contributed by atoms with Gasteiger partial charge in [0.25, 0.3) is 0 Å². The van der Waals surface area contributed by atoms with Crippen molar-refractivity contribution in [1.29, 1.82) is 0 Å². The van der Waals surface area contributed by atoms with E-state index in [0.29, 0.717) is 25.0 Å². The van der Waals surface area contributed by atoms with E-state index in [1.54, 1.807) is 0 Å². The molecular formula is C20H30N2O3. The molecule has 0 radical (unpaired) electrons. The van der Waals surface area contributed by atoms with Crippen molar-refractivity contribution in [2.45, 2.75) is 89.1 Å². The van der Waals surface area contributed by atoms with Crippen molar-refractivity contribution >= 4 is 17.7 Å². The fourth-order valence-electron chi connectivity index (χ4n) is 5.21. The van der Waals surface area contributed by atoms with Crippen LogP contribution in [0.5, 0.6) is 0 Å². The third-order valence-electron chi connectivity index (χ3n) is 6.68. The summed E-state index contributed by atoms with van der Waals surface area (Å²) >= 11 is 0. The van der Waals surface area contributed by atoms with Gasteiger partial charge in [-0.25, -0.2) is 0 Å². The van der Waals surface area contributed by atoms with E-state index in [0.717, 1.165) is 51.4 Å². The molecule has 0 aromatic heterocycles. The minimum Gasteiger partial charge on any atom is -0.337 e. The average Bonchev–Trinajstić information content (AvgIpc) is 3.44. The molecule has 5 heteroatoms. The third kappa shape index (κ3) is 3.34. The lowest BCUT2D eigenvalue weighted by molar-refractivity contribution is -0.141. The summed E-state index contributed by atoms with van der Waals surface area (Å²) in [7, 11) is 0. The van der Waals surface area contributed by atoms with Gasteiger partial charge in [-0.15, -0.1) is 0 Å². The Kier molecular flexibility index (Phi) is 4.83. The third-order valence-corrected chi connectivity index (χ3v) is 6.68. The summed E-state index contributed by atoms with van der Waals surface area (Å²) in [4.78, 5) is 41.5. The van der Waals surface area contributed by atoms with E-state index in [1.807, 2.05) is 0 Å². The monoisotopic (exact) mass is 346 g/mol. The molecule has 0 aromatic rings. The maximum Gasteiger partial charge on any atom is 0.233 e. The first-order valence-electron chi connectivity index (χ1n) is 10.3. The first kappa shape index (κ1) is 17.0. The number of amides is 3. The van der Waals surface area contributed by atoms with Crippen molar-refractivity contribution < 1.29 is 14.4 Å². The molecule has 3 aliphatic carbocycles. The molecule has 3 amide bonds. The molecule has 5 nitrogen and oxygen atoms in total. The van der Waals surface area contributed by atoms with Gasteiger partial charge in [-0.1, -0.05) is 32.1 Å². The van der Waals surface area contributed by atoms with Crippen molar-refractivity contribution in [2.75, 3.05) is 6.54 Å². The van der Waals surface area contributed by atoms with Gasteiger partial charge < -0.3 is 4.90 Å². The number of hydrogen-bond donors (Lipinski definition) is 0. The minimum absolute atomic E-state index is 0.0156. The van der Waals surface area contributed by atoms with E-state index >= 15 is 0 Å². The van der Waals surface area contributed by atoms with Crippen molar-refractivity contribution in [1.82, 2.24) is 9.80 Å². The van der Waals surface area contributed by atoms with Crippen LogP contribution in [0.3, 0.4) is 0 Å². The van der Waals surface area contributed by atoms with E-state index in [2.05, 4.69) is 4.90 Å². The molecule has 0 unspecified atom stereocenters. The molecule has 1 heterocycles. The molecule has 0 bridgehead atoms. The second-order valence-corrected chi connectivity index (χ2v) is 8.40. The predicted octanol–water partition coefficient (Wildman–Crippen LogP) is 2.88. The summed E-state index contributed by atoms with van der Waals surface area (Å²) in [5.74, 6) is -0.0791. The van der Waals surface area contributed by atoms with Crippen LogP contribution in [0.15, 0.2) is 0 Å². The van der Waals surface area contributed by atoms with Crippen molar-refractivity contribution in [3.63, 3.8) is 0 Å². The molecule has 4 rings (SSSR count). The number of likely N-dealkylation sites (tertiary alicyclic amines) is 1. The Morgan fingerprint density at radius 3 is 1.88 bits per heavy atom. The van der Waals surface area contributed by atoms with Crippen LogP contribution in [0.2, 0.25) is 0 Å². The van der Waals surface area contributed by atoms with Gasteiger partial charge in [-0.05, 0) is 38.5 Å². The highest BCUT2D eigenvalue weighted by atomic mass is 16.2. The fourth-order valence-corrected chi connectivity index (χ4v) is 5.21. The van der Waals surface area contributed by atoms with Crippen LogP contribution in [-0.4, -0.2) is 46.1 Å². The molecule has 25 heavy (non-hydrogen) atoms. The lowest BCUT2D eigenvalue weighted by atomic mass is 9.81. The molecule has 4 fully saturated rings. The number of fused-ring (bicyclic) bond motifs is 1. The Morgan fingerprint density at radius 2 is 1.32 bits per heavy atom. The number of rotatable bonds is 5. The summed E-state index contributed by atoms with van der Waals surface area (Å²) in [6.45, 7) is 0.291. The van der Waals surface area contributed by atoms with Crippen LogP contribution in [0, 0.1) is 11.8 Å². The summed E-state index contributed by atoms with van der Waals surface area (Å²) < 4.78 is 0. The van der Waals surface area contributed by atoms with Gasteiger partial charge in [-0.3, -0.25) is 19.3 Å². The van der Waals surface area contributed by atoms with Gasteiger partial charge in [0.15, 0.2) is 0 Å². The predicted molar refractivity (Wildman–Crippen MR) is 93.5 cm³/mol. The molecule has 3 saturated carbocycles. The molecule has 138 valence electrons. The maximum atomic E-state index is 12.9. The Morgan fingerprint density at radius 1 is 0.800 bits per heavy atom. The number of carbonyl (C=O) groups excluding carboxylic acids is 3. The molecule has 1 aliphatic heterocycles. The lowest BCUT2D eigenvalue weighted by Gasteiger charge is -2.35. The number of carbonyl (C=O) groups is 3. The molecule has 4 aliphatic rings. The Bertz CT molecular complexity index is 527. The highest BCUT2D eigenvalue weighted by Crippen LogP contribution is 2.38. The number of hydrogen-bond acceptors (Lipinski definition) is 3. The largest absolute Gasteiger partial charge is 0.337 e. The molecular weight excluding hydrogens is 316 g/mol. The molecule has 1 saturated heterocycles. The van der Waals surface area contributed by atoms with Gasteiger partial charge >= 0.3 is 0 Å². The maximum absolute atomic E-state index is 12.9. The van der Waals surface area contributed by atoms with Crippen molar-refractivity contribution in [3.05, 3.63) is 0 Å². The van der Waals surface area contributed by atoms with Crippen LogP contribution in [0.4, 0.5) is 0 Å². The minimum atomic E-state index is -0.103. The second kappa shape index (κ2) is 7.08. The zero-order chi connectivity index (χ0) is 17.4. The summed E-state index contributed by atoms with van der Waals surface area (Å²) in [6, 6.07) is 0.810. The van der Waals surface area contributed by atoms with Crippen molar-refractivity contribution in [3.8, 4) is 0 Å². The van der Waals surface area contributed by atoms with E-state index in [1.165, 1.54) is 24.2 Å². The van der Waals surface area contributed by atoms with E-state index in [4.69, 9.17) is 0 Å². The van der Waals surface area contributed by atoms with Crippen LogP contribution < -0.4 is 0 Å². The van der Waals surface area contributed by atoms with Crippen LogP contribution >= 0.6 is 0 Å². The van der Waals surface area contributed by atoms with E-state index in [-0.39, 0.29) is 29.6 Å². The van der Waals surface area contributed by atoms with Crippen LogP contribution in [0.1, 0.15) is 77.0 Å². The molecule has 0 aromatic carbocycles. The fraction of sp³-hybridized carbons (Fsp3) is 0.850. The first-order chi connectivity index (χ1) is 12.2. The normalized spacial score (nSPS) is 30.5. The summed E-state index contributed by atoms with van der Waals surface area (Å²) in [5.41, 5.74) is 0. The zero-order valence-corrected chi connectivity index (χ0v) is 15.1. The second-order valence-electron chi connectivity index (χ2n) is 8.40. The molecule has 0 N–H and O–H groups in total. The first-order valence-corrected chi connectivity index (χ1v) is 10.3. The van der Waals surface area contributed by atoms with Gasteiger partial charge in [0, 0.05) is 25.0 Å². The van der Waals surface area contributed by atoms with E-state index in [9.17, 15) is 14.4 Å². The van der Waals surface area contributed by atoms with Crippen LogP contribution in [-0.2, 0) is 14.4 Å². The van der Waals surface area contributed by atoms with E-state index < -0.39 is 0 Å². The Hall–Kier alpha value is -1.39. The van der Waals surface area contributed by atoms with Gasteiger partial charge in [0.05, 0.1) is 11.8 Å². The van der Waals surface area contributed by atoms with Crippen LogP contribution in [0.25, 0.3) is 0 Å². The van der Waals surface area contributed by atoms with Crippen molar-refractivity contribution in [2.24, 2.45) is 11.8 Å². The summed E-state index contributed by atoms with van der Waals surface area (Å²) in [5, 5.41) is 0. The Balaban J connectivity index is 1.37. The molecule has 2 atom stereocenters. The number of imide groups is 1. The quantitative estimate of drug-likeness (QED) is 0.719. The SMILES string of the molecule is O=C1[C@H]2CCCC[C@H]2C(=O)N1CCC(=O)N(C1CCCCC1)C1CC1. The lowest BCUT2D eigenvalue weighted by Crippen LogP contribution is -2.44. The topological polar surface area (TPSA) is 57.7 Å². The standard InChI is InChI=1S/C20H30N2O3/c23-18(22(15-10-11-15)14-6-2-1-3-7-14)12-13-21-19(24)16-8-4-5-9-17(16)20(21)25/h14-17H,1-13H2/t16-,17+. The average molecular weight is 346 g/mol. The highest BCUT2D eigenvalue weighted by Gasteiger charge is 2.48. The summed E-state index contributed by atoms with van der Waals surface area (Å²) in [6.07, 6.45) is 12.3. The number of nitrogens with zero attached hydrogens (tertiary/aromatic N) is 2. The zero-order valence-electron chi connectivity index (χ0n) is 15.1.